The molecule has 1 atom stereocenters. The Labute approximate surface area is 164 Å². The predicted molar refractivity (Wildman–Crippen MR) is 109 cm³/mol. The molecule has 1 aromatic carbocycles. The Kier molecular flexibility index (Phi) is 5.58. The summed E-state index contributed by atoms with van der Waals surface area (Å²) in [7, 11) is 1.90. The van der Waals surface area contributed by atoms with Gasteiger partial charge in [0.2, 0.25) is 5.91 Å². The maximum atomic E-state index is 11.8. The third kappa shape index (κ3) is 4.11. The molecule has 1 aliphatic rings. The first kappa shape index (κ1) is 19.3. The van der Waals surface area contributed by atoms with E-state index in [-0.39, 0.29) is 17.6 Å². The number of nitrogens with zero attached hydrogens (tertiary/aromatic N) is 4. The third-order valence-corrected chi connectivity index (χ3v) is 4.87. The van der Waals surface area contributed by atoms with Crippen LogP contribution in [-0.2, 0) is 4.79 Å². The van der Waals surface area contributed by atoms with Gasteiger partial charge in [-0.3, -0.25) is 9.59 Å². The van der Waals surface area contributed by atoms with Gasteiger partial charge in [-0.1, -0.05) is 24.3 Å². The fourth-order valence-electron chi connectivity index (χ4n) is 3.17. The van der Waals surface area contributed by atoms with Gasteiger partial charge in [-0.15, -0.1) is 0 Å². The van der Waals surface area contributed by atoms with Crippen molar-refractivity contribution in [3.05, 3.63) is 54.4 Å². The first-order valence-corrected chi connectivity index (χ1v) is 9.03. The number of amides is 2. The summed E-state index contributed by atoms with van der Waals surface area (Å²) in [6, 6.07) is 7.81. The molecular formula is C20H24N6O2. The lowest BCUT2D eigenvalue weighted by molar-refractivity contribution is -0.125. The molecule has 8 heteroatoms. The fraction of sp³-hybridized carbons (Fsp3) is 0.300. The van der Waals surface area contributed by atoms with Gasteiger partial charge >= 0.3 is 0 Å². The second-order valence-electron chi connectivity index (χ2n) is 6.82. The van der Waals surface area contributed by atoms with E-state index in [2.05, 4.69) is 21.9 Å². The van der Waals surface area contributed by atoms with Crippen molar-refractivity contribution in [1.82, 2.24) is 14.9 Å². The Bertz CT molecular complexity index is 896. The van der Waals surface area contributed by atoms with Crippen molar-refractivity contribution < 1.29 is 9.59 Å². The lowest BCUT2D eigenvalue weighted by Gasteiger charge is -2.26. The summed E-state index contributed by atoms with van der Waals surface area (Å²) >= 11 is 0. The van der Waals surface area contributed by atoms with Crippen LogP contribution in [-0.4, -0.2) is 52.9 Å². The molecule has 0 radical (unpaired) electrons. The molecule has 0 aliphatic carbocycles. The number of carbonyl (C=O) groups is 2. The minimum atomic E-state index is -0.653. The number of rotatable bonds is 6. The number of aromatic nitrogens is 2. The van der Waals surface area contributed by atoms with Gasteiger partial charge in [-0.2, -0.15) is 0 Å². The molecule has 1 aromatic heterocycles. The highest BCUT2D eigenvalue weighted by molar-refractivity contribution is 5.96. The summed E-state index contributed by atoms with van der Waals surface area (Å²) in [6.45, 7) is 6.79. The molecule has 0 bridgehead atoms. The average Bonchev–Trinajstić information content (AvgIpc) is 3.18. The molecular weight excluding hydrogens is 356 g/mol. The maximum Gasteiger partial charge on any atom is 0.271 e. The smallest absolute Gasteiger partial charge is 0.271 e. The van der Waals surface area contributed by atoms with E-state index in [1.807, 2.05) is 43.1 Å². The van der Waals surface area contributed by atoms with Crippen LogP contribution < -0.4 is 16.0 Å². The van der Waals surface area contributed by atoms with Crippen LogP contribution >= 0.6 is 0 Å². The predicted octanol–water partition coefficient (Wildman–Crippen LogP) is 1.85. The molecule has 2 amide bonds. The number of carbonyl (C=O) groups excluding carboxylic acids is 2. The highest BCUT2D eigenvalue weighted by Gasteiger charge is 2.29. The first-order valence-electron chi connectivity index (χ1n) is 9.03. The number of likely N-dealkylation sites (tertiary alicyclic amines) is 1. The van der Waals surface area contributed by atoms with Crippen LogP contribution in [0.15, 0.2) is 43.1 Å². The molecule has 1 fully saturated rings. The summed E-state index contributed by atoms with van der Waals surface area (Å²) < 4.78 is 0. The van der Waals surface area contributed by atoms with E-state index in [0.717, 1.165) is 17.7 Å². The SMILES string of the molecule is C=CC(=O)N1CC[C@@H](N(C)c2cnc(C(N)=O)c(Nc3ccc(C)cc3)n2)C1. The molecule has 3 N–H and O–H groups in total. The lowest BCUT2D eigenvalue weighted by Crippen LogP contribution is -2.36. The Morgan fingerprint density at radius 1 is 1.36 bits per heavy atom. The Hall–Kier alpha value is -3.42. The summed E-state index contributed by atoms with van der Waals surface area (Å²) in [5.41, 5.74) is 7.44. The largest absolute Gasteiger partial charge is 0.364 e. The number of likely N-dealkylation sites (N-methyl/N-ethyl adjacent to an activating group) is 1. The van der Waals surface area contributed by atoms with Crippen LogP contribution in [0.2, 0.25) is 0 Å². The summed E-state index contributed by atoms with van der Waals surface area (Å²) in [5, 5.41) is 3.12. The Balaban J connectivity index is 1.84. The number of hydrogen-bond donors (Lipinski definition) is 2. The Morgan fingerprint density at radius 3 is 2.71 bits per heavy atom. The number of primary amides is 1. The van der Waals surface area contributed by atoms with E-state index >= 15 is 0 Å². The zero-order chi connectivity index (χ0) is 20.3. The third-order valence-electron chi connectivity index (χ3n) is 4.87. The second kappa shape index (κ2) is 8.08. The van der Waals surface area contributed by atoms with Crippen molar-refractivity contribution in [3.63, 3.8) is 0 Å². The molecule has 0 saturated carbocycles. The van der Waals surface area contributed by atoms with E-state index in [1.54, 1.807) is 4.90 Å². The van der Waals surface area contributed by atoms with Crippen molar-refractivity contribution in [1.29, 1.82) is 0 Å². The van der Waals surface area contributed by atoms with E-state index in [0.29, 0.717) is 24.7 Å². The van der Waals surface area contributed by atoms with Gasteiger partial charge in [0.05, 0.1) is 6.20 Å². The number of benzene rings is 1. The standard InChI is InChI=1S/C20H24N6O2/c1-4-17(27)26-10-9-15(12-26)25(3)16-11-22-18(19(21)28)20(24-16)23-14-7-5-13(2)6-8-14/h4-8,11,15H,1,9-10,12H2,2-3H3,(H2,21,28)(H,23,24)/t15-/m1/s1. The van der Waals surface area contributed by atoms with E-state index in [4.69, 9.17) is 5.73 Å². The van der Waals surface area contributed by atoms with Crippen LogP contribution in [0.3, 0.4) is 0 Å². The van der Waals surface area contributed by atoms with E-state index < -0.39 is 5.91 Å². The van der Waals surface area contributed by atoms with Crippen molar-refractivity contribution in [2.75, 3.05) is 30.4 Å². The van der Waals surface area contributed by atoms with Crippen molar-refractivity contribution in [2.24, 2.45) is 5.73 Å². The molecule has 3 rings (SSSR count). The molecule has 0 spiro atoms. The van der Waals surface area contributed by atoms with Gasteiger partial charge in [-0.05, 0) is 31.6 Å². The maximum absolute atomic E-state index is 11.8. The molecule has 1 aliphatic heterocycles. The topological polar surface area (TPSA) is 104 Å². The van der Waals surface area contributed by atoms with Crippen LogP contribution in [0.1, 0.15) is 22.5 Å². The van der Waals surface area contributed by atoms with Crippen molar-refractivity contribution in [3.8, 4) is 0 Å². The zero-order valence-electron chi connectivity index (χ0n) is 16.1. The molecule has 2 aromatic rings. The van der Waals surface area contributed by atoms with Gasteiger partial charge < -0.3 is 20.9 Å². The quantitative estimate of drug-likeness (QED) is 0.741. The number of anilines is 3. The van der Waals surface area contributed by atoms with Crippen molar-refractivity contribution in [2.45, 2.75) is 19.4 Å². The lowest BCUT2D eigenvalue weighted by atomic mass is 10.2. The minimum Gasteiger partial charge on any atom is -0.364 e. The first-order chi connectivity index (χ1) is 13.4. The van der Waals surface area contributed by atoms with E-state index in [1.165, 1.54) is 12.3 Å². The van der Waals surface area contributed by atoms with Gasteiger partial charge in [-0.25, -0.2) is 9.97 Å². The fourth-order valence-corrected chi connectivity index (χ4v) is 3.17. The van der Waals surface area contributed by atoms with Gasteiger partial charge in [0.25, 0.3) is 5.91 Å². The number of hydrogen-bond acceptors (Lipinski definition) is 6. The molecule has 1 saturated heterocycles. The minimum absolute atomic E-state index is 0.0761. The molecule has 2 heterocycles. The highest BCUT2D eigenvalue weighted by atomic mass is 16.2. The summed E-state index contributed by atoms with van der Waals surface area (Å²) in [6.07, 6.45) is 3.67. The van der Waals surface area contributed by atoms with E-state index in [9.17, 15) is 9.59 Å². The number of nitrogens with one attached hydrogen (secondary N) is 1. The van der Waals surface area contributed by atoms with Crippen molar-refractivity contribution >= 4 is 29.1 Å². The van der Waals surface area contributed by atoms with Crippen LogP contribution in [0, 0.1) is 6.92 Å². The van der Waals surface area contributed by atoms with Gasteiger partial charge in [0.1, 0.15) is 5.82 Å². The molecule has 28 heavy (non-hydrogen) atoms. The van der Waals surface area contributed by atoms with Crippen LogP contribution in [0.4, 0.5) is 17.3 Å². The second-order valence-corrected chi connectivity index (χ2v) is 6.82. The summed E-state index contributed by atoms with van der Waals surface area (Å²) in [4.78, 5) is 36.1. The average molecular weight is 380 g/mol. The number of aryl methyl sites for hydroxylation is 1. The van der Waals surface area contributed by atoms with Gasteiger partial charge in [0.15, 0.2) is 11.5 Å². The number of nitrogens with two attached hydrogens (primary N) is 1. The monoisotopic (exact) mass is 380 g/mol. The van der Waals surface area contributed by atoms with Gasteiger partial charge in [0, 0.05) is 31.9 Å². The molecule has 146 valence electrons. The molecule has 8 nitrogen and oxygen atoms in total. The van der Waals surface area contributed by atoms with Crippen LogP contribution in [0.5, 0.6) is 0 Å². The molecule has 0 unspecified atom stereocenters. The summed E-state index contributed by atoms with van der Waals surface area (Å²) in [5.74, 6) is 0.169. The highest BCUT2D eigenvalue weighted by Crippen LogP contribution is 2.24. The normalized spacial score (nSPS) is 15.9. The van der Waals surface area contributed by atoms with Crippen LogP contribution in [0.25, 0.3) is 0 Å². The zero-order valence-corrected chi connectivity index (χ0v) is 16.1. The Morgan fingerprint density at radius 2 is 2.07 bits per heavy atom.